The predicted octanol–water partition coefficient (Wildman–Crippen LogP) is 2.52. The van der Waals surface area contributed by atoms with Crippen LogP contribution in [0, 0.1) is 19.3 Å². The van der Waals surface area contributed by atoms with E-state index >= 15 is 0 Å². The summed E-state index contributed by atoms with van der Waals surface area (Å²) in [4.78, 5) is 0.300. The lowest BCUT2D eigenvalue weighted by molar-refractivity contribution is 0.0867. The molecule has 0 heterocycles. The van der Waals surface area contributed by atoms with Crippen LogP contribution >= 0.6 is 0 Å². The standard InChI is InChI=1S/C16H25NO3S/c1-13-6-7-15(10-14(13)2)21(19,20)17-11-16(12-18)8-4-3-5-9-16/h6-7,10,17-18H,3-5,8-9,11-12H2,1-2H3. The van der Waals surface area contributed by atoms with Gasteiger partial charge in [0, 0.05) is 18.6 Å². The Kier molecular flexibility index (Phi) is 5.07. The zero-order chi connectivity index (χ0) is 15.5. The molecular formula is C16H25NO3S. The van der Waals surface area contributed by atoms with Gasteiger partial charge in [-0.1, -0.05) is 25.3 Å². The number of nitrogens with one attached hydrogen (secondary N) is 1. The lowest BCUT2D eigenvalue weighted by Gasteiger charge is -2.35. The van der Waals surface area contributed by atoms with Crippen LogP contribution in [0.3, 0.4) is 0 Å². The average Bonchev–Trinajstić information content (AvgIpc) is 2.49. The third-order valence-corrected chi connectivity index (χ3v) is 6.07. The molecule has 0 unspecified atom stereocenters. The van der Waals surface area contributed by atoms with E-state index in [1.807, 2.05) is 19.9 Å². The zero-order valence-electron chi connectivity index (χ0n) is 12.9. The maximum absolute atomic E-state index is 12.4. The van der Waals surface area contributed by atoms with Gasteiger partial charge in [-0.2, -0.15) is 0 Å². The molecule has 1 aromatic carbocycles. The van der Waals surface area contributed by atoms with E-state index in [2.05, 4.69) is 4.72 Å². The van der Waals surface area contributed by atoms with Crippen molar-refractivity contribution in [2.24, 2.45) is 5.41 Å². The van der Waals surface area contributed by atoms with Crippen LogP contribution in [-0.2, 0) is 10.0 Å². The first kappa shape index (κ1) is 16.5. The van der Waals surface area contributed by atoms with Gasteiger partial charge in [0.1, 0.15) is 0 Å². The quantitative estimate of drug-likeness (QED) is 0.878. The van der Waals surface area contributed by atoms with Crippen molar-refractivity contribution in [3.8, 4) is 0 Å². The molecule has 0 spiro atoms. The molecule has 0 aliphatic heterocycles. The third-order valence-electron chi connectivity index (χ3n) is 4.68. The first-order chi connectivity index (χ1) is 9.88. The van der Waals surface area contributed by atoms with E-state index in [9.17, 15) is 13.5 Å². The molecule has 5 heteroatoms. The van der Waals surface area contributed by atoms with E-state index in [0.29, 0.717) is 11.4 Å². The summed E-state index contributed by atoms with van der Waals surface area (Å²) in [6.45, 7) is 4.23. The van der Waals surface area contributed by atoms with Gasteiger partial charge >= 0.3 is 0 Å². The Bertz CT molecular complexity index is 590. The molecule has 1 fully saturated rings. The molecule has 1 aliphatic rings. The Balaban J connectivity index is 2.11. The van der Waals surface area contributed by atoms with Crippen LogP contribution in [0.15, 0.2) is 23.1 Å². The molecule has 0 amide bonds. The monoisotopic (exact) mass is 311 g/mol. The second-order valence-electron chi connectivity index (χ2n) is 6.29. The van der Waals surface area contributed by atoms with Gasteiger partial charge in [0.2, 0.25) is 10.0 Å². The van der Waals surface area contributed by atoms with Gasteiger partial charge < -0.3 is 5.11 Å². The zero-order valence-corrected chi connectivity index (χ0v) is 13.7. The summed E-state index contributed by atoms with van der Waals surface area (Å²) in [6, 6.07) is 5.16. The summed E-state index contributed by atoms with van der Waals surface area (Å²) < 4.78 is 27.5. The molecule has 0 saturated heterocycles. The van der Waals surface area contributed by atoms with Gasteiger partial charge in [-0.05, 0) is 49.9 Å². The van der Waals surface area contributed by atoms with Crippen molar-refractivity contribution in [3.63, 3.8) is 0 Å². The summed E-state index contributed by atoms with van der Waals surface area (Å²) in [5.41, 5.74) is 1.76. The summed E-state index contributed by atoms with van der Waals surface area (Å²) in [5.74, 6) is 0. The van der Waals surface area contributed by atoms with E-state index in [4.69, 9.17) is 0 Å². The van der Waals surface area contributed by atoms with Crippen LogP contribution in [0.4, 0.5) is 0 Å². The summed E-state index contributed by atoms with van der Waals surface area (Å²) >= 11 is 0. The number of rotatable bonds is 5. The fraction of sp³-hybridized carbons (Fsp3) is 0.625. The molecule has 0 atom stereocenters. The van der Waals surface area contributed by atoms with Gasteiger partial charge in [0.05, 0.1) is 4.90 Å². The second-order valence-corrected chi connectivity index (χ2v) is 8.06. The van der Waals surface area contributed by atoms with Gasteiger partial charge in [-0.3, -0.25) is 0 Å². The number of benzene rings is 1. The minimum Gasteiger partial charge on any atom is -0.396 e. The fourth-order valence-corrected chi connectivity index (χ4v) is 4.15. The number of aryl methyl sites for hydroxylation is 2. The summed E-state index contributed by atoms with van der Waals surface area (Å²) in [5, 5.41) is 9.65. The van der Waals surface area contributed by atoms with Crippen molar-refractivity contribution in [3.05, 3.63) is 29.3 Å². The molecule has 1 aliphatic carbocycles. The molecule has 0 bridgehead atoms. The predicted molar refractivity (Wildman–Crippen MR) is 83.7 cm³/mol. The van der Waals surface area contributed by atoms with Crippen LogP contribution < -0.4 is 4.72 Å². The minimum atomic E-state index is -3.51. The number of hydrogen-bond donors (Lipinski definition) is 2. The molecule has 4 nitrogen and oxygen atoms in total. The van der Waals surface area contributed by atoms with Crippen molar-refractivity contribution < 1.29 is 13.5 Å². The van der Waals surface area contributed by atoms with E-state index in [-0.39, 0.29) is 12.0 Å². The van der Waals surface area contributed by atoms with E-state index in [1.165, 1.54) is 6.42 Å². The fourth-order valence-electron chi connectivity index (χ4n) is 2.91. The highest BCUT2D eigenvalue weighted by atomic mass is 32.2. The molecule has 1 saturated carbocycles. The smallest absolute Gasteiger partial charge is 0.240 e. The number of hydrogen-bond acceptors (Lipinski definition) is 3. The molecular weight excluding hydrogens is 286 g/mol. The number of sulfonamides is 1. The van der Waals surface area contributed by atoms with Crippen LogP contribution in [0.25, 0.3) is 0 Å². The molecule has 2 N–H and O–H groups in total. The Hall–Kier alpha value is -0.910. The van der Waals surface area contributed by atoms with Gasteiger partial charge in [0.25, 0.3) is 0 Å². The minimum absolute atomic E-state index is 0.0441. The van der Waals surface area contributed by atoms with E-state index in [0.717, 1.165) is 36.8 Å². The third kappa shape index (κ3) is 3.84. The Morgan fingerprint density at radius 3 is 2.38 bits per heavy atom. The highest BCUT2D eigenvalue weighted by Gasteiger charge is 2.32. The lowest BCUT2D eigenvalue weighted by Crippen LogP contribution is -2.41. The van der Waals surface area contributed by atoms with E-state index < -0.39 is 10.0 Å². The largest absolute Gasteiger partial charge is 0.396 e. The van der Waals surface area contributed by atoms with Crippen molar-refractivity contribution >= 4 is 10.0 Å². The molecule has 0 aromatic heterocycles. The van der Waals surface area contributed by atoms with Crippen LogP contribution in [0.2, 0.25) is 0 Å². The molecule has 1 aromatic rings. The topological polar surface area (TPSA) is 66.4 Å². The Morgan fingerprint density at radius 2 is 1.81 bits per heavy atom. The van der Waals surface area contributed by atoms with E-state index in [1.54, 1.807) is 12.1 Å². The maximum atomic E-state index is 12.4. The highest BCUT2D eigenvalue weighted by molar-refractivity contribution is 7.89. The lowest BCUT2D eigenvalue weighted by atomic mass is 9.75. The number of aliphatic hydroxyl groups excluding tert-OH is 1. The second kappa shape index (κ2) is 6.46. The average molecular weight is 311 g/mol. The van der Waals surface area contributed by atoms with Crippen LogP contribution in [0.5, 0.6) is 0 Å². The van der Waals surface area contributed by atoms with Gasteiger partial charge in [-0.15, -0.1) is 0 Å². The molecule has 0 radical (unpaired) electrons. The van der Waals surface area contributed by atoms with Crippen molar-refractivity contribution in [1.29, 1.82) is 0 Å². The SMILES string of the molecule is Cc1ccc(S(=O)(=O)NCC2(CO)CCCCC2)cc1C. The summed E-state index contributed by atoms with van der Waals surface area (Å²) in [7, 11) is -3.51. The molecule has 118 valence electrons. The van der Waals surface area contributed by atoms with Gasteiger partial charge in [0.15, 0.2) is 0 Å². The normalized spacial score (nSPS) is 18.6. The van der Waals surface area contributed by atoms with Crippen LogP contribution in [0.1, 0.15) is 43.2 Å². The first-order valence-electron chi connectivity index (χ1n) is 7.56. The first-order valence-corrected chi connectivity index (χ1v) is 9.05. The highest BCUT2D eigenvalue weighted by Crippen LogP contribution is 2.35. The molecule has 21 heavy (non-hydrogen) atoms. The van der Waals surface area contributed by atoms with Crippen molar-refractivity contribution in [2.75, 3.05) is 13.2 Å². The van der Waals surface area contributed by atoms with Crippen molar-refractivity contribution in [1.82, 2.24) is 4.72 Å². The van der Waals surface area contributed by atoms with Crippen molar-refractivity contribution in [2.45, 2.75) is 50.8 Å². The van der Waals surface area contributed by atoms with Crippen LogP contribution in [-0.4, -0.2) is 26.7 Å². The Labute approximate surface area is 127 Å². The maximum Gasteiger partial charge on any atom is 0.240 e. The summed E-state index contributed by atoms with van der Waals surface area (Å²) in [6.07, 6.45) is 5.07. The Morgan fingerprint density at radius 1 is 1.14 bits per heavy atom. The van der Waals surface area contributed by atoms with Gasteiger partial charge in [-0.25, -0.2) is 13.1 Å². The number of aliphatic hydroxyl groups is 1. The molecule has 2 rings (SSSR count).